The van der Waals surface area contributed by atoms with Crippen molar-refractivity contribution >= 4 is 11.4 Å². The monoisotopic (exact) mass is 322 g/mol. The third-order valence-electron chi connectivity index (χ3n) is 4.50. The summed E-state index contributed by atoms with van der Waals surface area (Å²) in [6.07, 6.45) is 0.729. The molecule has 0 radical (unpaired) electrons. The Morgan fingerprint density at radius 3 is 2.29 bits per heavy atom. The molecule has 24 heavy (non-hydrogen) atoms. The van der Waals surface area contributed by atoms with Crippen LogP contribution in [0.4, 0.5) is 0 Å². The van der Waals surface area contributed by atoms with Gasteiger partial charge in [0.1, 0.15) is 0 Å². The Balaban J connectivity index is 2.12. The van der Waals surface area contributed by atoms with Crippen LogP contribution in [0.2, 0.25) is 0 Å². The topological polar surface area (TPSA) is 43.2 Å². The molecule has 0 amide bonds. The number of ether oxygens (including phenoxy) is 2. The maximum atomic E-state index is 5.49. The number of hydrogen-bond donors (Lipinski definition) is 0. The minimum Gasteiger partial charge on any atom is -0.493 e. The van der Waals surface area contributed by atoms with Crippen LogP contribution in [-0.4, -0.2) is 25.6 Å². The van der Waals surface area contributed by atoms with E-state index in [1.54, 1.807) is 14.2 Å². The van der Waals surface area contributed by atoms with Crippen molar-refractivity contribution in [1.29, 1.82) is 0 Å². The Bertz CT molecular complexity index is 795. The second kappa shape index (κ2) is 6.87. The van der Waals surface area contributed by atoms with Gasteiger partial charge in [-0.25, -0.2) is 0 Å². The molecule has 4 nitrogen and oxygen atoms in total. The quantitative estimate of drug-likeness (QED) is 0.845. The summed E-state index contributed by atoms with van der Waals surface area (Å²) in [6.45, 7) is 4.16. The molecule has 0 saturated carbocycles. The lowest BCUT2D eigenvalue weighted by Gasteiger charge is -2.18. The SMILES string of the molecule is COc1cc2c(cc1OC)C(C)C(C)=NN=C2Cc1ccccc1. The fourth-order valence-electron chi connectivity index (χ4n) is 2.93. The molecule has 0 aliphatic carbocycles. The molecular formula is C20H22N2O2. The van der Waals surface area contributed by atoms with Crippen LogP contribution in [0.1, 0.15) is 36.5 Å². The molecule has 1 heterocycles. The molecule has 0 N–H and O–H groups in total. The highest BCUT2D eigenvalue weighted by Gasteiger charge is 2.23. The van der Waals surface area contributed by atoms with Crippen LogP contribution in [0, 0.1) is 0 Å². The summed E-state index contributed by atoms with van der Waals surface area (Å²) < 4.78 is 11.0. The van der Waals surface area contributed by atoms with E-state index in [4.69, 9.17) is 9.47 Å². The third kappa shape index (κ3) is 3.04. The van der Waals surface area contributed by atoms with E-state index in [1.165, 1.54) is 11.1 Å². The molecule has 1 aliphatic heterocycles. The van der Waals surface area contributed by atoms with Crippen molar-refractivity contribution in [2.24, 2.45) is 10.2 Å². The predicted molar refractivity (Wildman–Crippen MR) is 97.8 cm³/mol. The summed E-state index contributed by atoms with van der Waals surface area (Å²) in [4.78, 5) is 0. The van der Waals surface area contributed by atoms with Crippen LogP contribution in [0.5, 0.6) is 11.5 Å². The van der Waals surface area contributed by atoms with Gasteiger partial charge in [-0.15, -0.1) is 0 Å². The number of nitrogens with zero attached hydrogens (tertiary/aromatic N) is 2. The lowest BCUT2D eigenvalue weighted by Crippen LogP contribution is -2.11. The van der Waals surface area contributed by atoms with Crippen LogP contribution in [0.3, 0.4) is 0 Å². The van der Waals surface area contributed by atoms with Crippen molar-refractivity contribution in [1.82, 2.24) is 0 Å². The molecule has 2 aromatic rings. The predicted octanol–water partition coefficient (Wildman–Crippen LogP) is 4.23. The molecule has 0 bridgehead atoms. The van der Waals surface area contributed by atoms with Gasteiger partial charge in [0, 0.05) is 23.6 Å². The zero-order valence-electron chi connectivity index (χ0n) is 14.5. The fourth-order valence-corrected chi connectivity index (χ4v) is 2.93. The van der Waals surface area contributed by atoms with Gasteiger partial charge < -0.3 is 9.47 Å². The first kappa shape index (κ1) is 16.2. The molecule has 0 saturated heterocycles. The number of methoxy groups -OCH3 is 2. The van der Waals surface area contributed by atoms with Gasteiger partial charge in [0.2, 0.25) is 0 Å². The first-order valence-corrected chi connectivity index (χ1v) is 8.05. The Morgan fingerprint density at radius 2 is 1.62 bits per heavy atom. The van der Waals surface area contributed by atoms with Crippen LogP contribution >= 0.6 is 0 Å². The van der Waals surface area contributed by atoms with Gasteiger partial charge in [-0.05, 0) is 30.2 Å². The number of rotatable bonds is 4. The maximum absolute atomic E-state index is 5.49. The molecule has 2 aromatic carbocycles. The highest BCUT2D eigenvalue weighted by Crippen LogP contribution is 2.36. The van der Waals surface area contributed by atoms with Gasteiger partial charge in [-0.2, -0.15) is 10.2 Å². The van der Waals surface area contributed by atoms with Crippen LogP contribution in [0.25, 0.3) is 0 Å². The Kier molecular flexibility index (Phi) is 4.65. The zero-order chi connectivity index (χ0) is 17.1. The second-order valence-corrected chi connectivity index (χ2v) is 5.97. The van der Waals surface area contributed by atoms with E-state index in [-0.39, 0.29) is 5.92 Å². The smallest absolute Gasteiger partial charge is 0.161 e. The van der Waals surface area contributed by atoms with E-state index in [0.717, 1.165) is 29.2 Å². The highest BCUT2D eigenvalue weighted by atomic mass is 16.5. The fraction of sp³-hybridized carbons (Fsp3) is 0.300. The zero-order valence-corrected chi connectivity index (χ0v) is 14.5. The van der Waals surface area contributed by atoms with Crippen molar-refractivity contribution in [3.63, 3.8) is 0 Å². The van der Waals surface area contributed by atoms with Gasteiger partial charge in [0.05, 0.1) is 19.9 Å². The van der Waals surface area contributed by atoms with Crippen molar-refractivity contribution in [3.05, 3.63) is 59.2 Å². The Morgan fingerprint density at radius 1 is 0.958 bits per heavy atom. The van der Waals surface area contributed by atoms with Crippen LogP contribution in [0.15, 0.2) is 52.7 Å². The van der Waals surface area contributed by atoms with Gasteiger partial charge >= 0.3 is 0 Å². The van der Waals surface area contributed by atoms with E-state index in [1.807, 2.05) is 37.3 Å². The first-order chi connectivity index (χ1) is 11.6. The lowest BCUT2D eigenvalue weighted by molar-refractivity contribution is 0.354. The molecule has 4 heteroatoms. The molecule has 1 aliphatic rings. The molecule has 124 valence electrons. The summed E-state index contributed by atoms with van der Waals surface area (Å²) >= 11 is 0. The summed E-state index contributed by atoms with van der Waals surface area (Å²) in [5.41, 5.74) is 5.39. The van der Waals surface area contributed by atoms with E-state index >= 15 is 0 Å². The molecule has 1 unspecified atom stereocenters. The average molecular weight is 322 g/mol. The Labute approximate surface area is 142 Å². The molecule has 0 aromatic heterocycles. The molecule has 0 fully saturated rings. The van der Waals surface area contributed by atoms with Crippen molar-refractivity contribution in [3.8, 4) is 11.5 Å². The lowest BCUT2D eigenvalue weighted by atomic mass is 9.88. The van der Waals surface area contributed by atoms with Crippen LogP contribution < -0.4 is 9.47 Å². The van der Waals surface area contributed by atoms with Crippen molar-refractivity contribution in [2.75, 3.05) is 14.2 Å². The van der Waals surface area contributed by atoms with Gasteiger partial charge in [-0.3, -0.25) is 0 Å². The van der Waals surface area contributed by atoms with E-state index in [9.17, 15) is 0 Å². The van der Waals surface area contributed by atoms with E-state index in [0.29, 0.717) is 5.75 Å². The number of hydrogen-bond acceptors (Lipinski definition) is 4. The second-order valence-electron chi connectivity index (χ2n) is 5.97. The molecule has 3 rings (SSSR count). The number of fused-ring (bicyclic) bond motifs is 1. The maximum Gasteiger partial charge on any atom is 0.161 e. The van der Waals surface area contributed by atoms with Crippen LogP contribution in [-0.2, 0) is 6.42 Å². The number of benzene rings is 2. The average Bonchev–Trinajstić information content (AvgIpc) is 2.73. The summed E-state index contributed by atoms with van der Waals surface area (Å²) in [7, 11) is 3.31. The van der Waals surface area contributed by atoms with E-state index < -0.39 is 0 Å². The van der Waals surface area contributed by atoms with E-state index in [2.05, 4.69) is 29.3 Å². The first-order valence-electron chi connectivity index (χ1n) is 8.05. The summed E-state index contributed by atoms with van der Waals surface area (Å²) in [6, 6.07) is 14.4. The standard InChI is InChI=1S/C20H22N2O2/c1-13-14(2)21-22-18(10-15-8-6-5-7-9-15)17-12-20(24-4)19(23-3)11-16(13)17/h5-9,11-13H,10H2,1-4H3. The van der Waals surface area contributed by atoms with Crippen molar-refractivity contribution < 1.29 is 9.47 Å². The summed E-state index contributed by atoms with van der Waals surface area (Å²) in [5, 5.41) is 8.96. The molecule has 1 atom stereocenters. The third-order valence-corrected chi connectivity index (χ3v) is 4.50. The largest absolute Gasteiger partial charge is 0.493 e. The van der Waals surface area contributed by atoms with Gasteiger partial charge in [0.15, 0.2) is 11.5 Å². The normalized spacial score (nSPS) is 16.6. The molecule has 0 spiro atoms. The molecular weight excluding hydrogens is 300 g/mol. The van der Waals surface area contributed by atoms with Gasteiger partial charge in [0.25, 0.3) is 0 Å². The summed E-state index contributed by atoms with van der Waals surface area (Å²) in [5.74, 6) is 1.62. The Hall–Kier alpha value is -2.62. The minimum atomic E-state index is 0.178. The highest BCUT2D eigenvalue weighted by molar-refractivity contribution is 6.07. The van der Waals surface area contributed by atoms with Gasteiger partial charge in [-0.1, -0.05) is 37.3 Å². The van der Waals surface area contributed by atoms with Crippen molar-refractivity contribution in [2.45, 2.75) is 26.2 Å². The minimum absolute atomic E-state index is 0.178.